The van der Waals surface area contributed by atoms with Gasteiger partial charge in [-0.05, 0) is 24.3 Å². The Hall–Kier alpha value is -3.70. The van der Waals surface area contributed by atoms with Gasteiger partial charge in [-0.2, -0.15) is 5.10 Å². The van der Waals surface area contributed by atoms with Gasteiger partial charge in [0.05, 0.1) is 12.8 Å². The fourth-order valence-corrected chi connectivity index (χ4v) is 1.99. The Morgan fingerprint density at radius 1 is 0.862 bits per heavy atom. The molecule has 0 saturated heterocycles. The van der Waals surface area contributed by atoms with Gasteiger partial charge in [0, 0.05) is 17.3 Å². The Morgan fingerprint density at radius 3 is 1.83 bits per heavy atom. The number of hydrogen-bond acceptors (Lipinski definition) is 10. The van der Waals surface area contributed by atoms with Crippen molar-refractivity contribution in [1.82, 2.24) is 5.43 Å². The molecule has 0 aromatic heterocycles. The van der Waals surface area contributed by atoms with Crippen LogP contribution in [0.15, 0.2) is 34.4 Å². The van der Waals surface area contributed by atoms with Crippen molar-refractivity contribution in [2.75, 3.05) is 6.61 Å². The first-order valence-corrected chi connectivity index (χ1v) is 7.71. The lowest BCUT2D eigenvalue weighted by molar-refractivity contribution is -0.123. The molecule has 0 radical (unpaired) electrons. The monoisotopic (exact) mass is 427 g/mol. The molecular weight excluding hydrogens is 410 g/mol. The molecular formula is C17H18ClN3O8. The third kappa shape index (κ3) is 5.40. The number of aromatic hydroxyl groups is 6. The minimum atomic E-state index is -1.31. The van der Waals surface area contributed by atoms with Crippen LogP contribution in [0.1, 0.15) is 11.1 Å². The molecule has 0 aliphatic rings. The molecule has 2 aromatic rings. The maximum Gasteiger partial charge on any atom is 0.267 e. The summed E-state index contributed by atoms with van der Waals surface area (Å²) in [6, 6.07) is 3.38. The zero-order valence-electron chi connectivity index (χ0n) is 14.6. The van der Waals surface area contributed by atoms with Crippen molar-refractivity contribution >= 4 is 30.7 Å². The summed E-state index contributed by atoms with van der Waals surface area (Å²) in [5, 5.41) is 69.5. The Bertz CT molecular complexity index is 949. The maximum atomic E-state index is 12.0. The zero-order valence-corrected chi connectivity index (χ0v) is 15.4. The number of nitrogens with zero attached hydrogens (tertiary/aromatic N) is 2. The molecule has 2 rings (SSSR count). The van der Waals surface area contributed by atoms with E-state index in [0.717, 1.165) is 24.6 Å². The van der Waals surface area contributed by atoms with Gasteiger partial charge in [-0.1, -0.05) is 0 Å². The van der Waals surface area contributed by atoms with E-state index in [1.165, 1.54) is 12.1 Å². The van der Waals surface area contributed by atoms with Gasteiger partial charge < -0.3 is 35.7 Å². The number of aliphatic hydroxyl groups is 1. The topological polar surface area (TPSA) is 195 Å². The highest BCUT2D eigenvalue weighted by molar-refractivity contribution is 5.91. The van der Waals surface area contributed by atoms with Gasteiger partial charge in [-0.25, -0.2) is 5.43 Å². The molecule has 8 N–H and O–H groups in total. The number of amides is 1. The fourth-order valence-electron chi connectivity index (χ4n) is 1.99. The average Bonchev–Trinajstić information content (AvgIpc) is 2.68. The van der Waals surface area contributed by atoms with E-state index in [-0.39, 0.29) is 23.5 Å². The minimum Gasteiger partial charge on any atom is -0.504 e. The van der Waals surface area contributed by atoms with Crippen molar-refractivity contribution in [2.24, 2.45) is 10.1 Å². The molecule has 2 aromatic carbocycles. The summed E-state index contributed by atoms with van der Waals surface area (Å²) >= 11 is 0. The summed E-state index contributed by atoms with van der Waals surface area (Å²) in [6.45, 7) is -0.700. The van der Waals surface area contributed by atoms with Crippen LogP contribution in [0.3, 0.4) is 0 Å². The number of benzene rings is 2. The standard InChI is InChI=1S/C17H17N3O8.ClH/c21-7-10(18-5-8-1-3-11(22)15(26)13(8)24)17(28)20-19-6-9-2-4-12(23)16(27)14(9)25;/h1-6,10,21-27H,7H2,(H,20,28);1H/b18-5?,19-6+;. The maximum absolute atomic E-state index is 12.0. The van der Waals surface area contributed by atoms with Gasteiger partial charge in [0.2, 0.25) is 11.5 Å². The summed E-state index contributed by atoms with van der Waals surface area (Å²) in [4.78, 5) is 15.8. The molecule has 11 nitrogen and oxygen atoms in total. The van der Waals surface area contributed by atoms with Crippen LogP contribution in [0.25, 0.3) is 0 Å². The molecule has 0 bridgehead atoms. The Balaban J connectivity index is 0.00000420. The van der Waals surface area contributed by atoms with Crippen molar-refractivity contribution in [3.63, 3.8) is 0 Å². The van der Waals surface area contributed by atoms with Crippen molar-refractivity contribution in [3.05, 3.63) is 35.4 Å². The summed E-state index contributed by atoms with van der Waals surface area (Å²) in [7, 11) is 0. The molecule has 0 aliphatic heterocycles. The number of carbonyl (C=O) groups excluding carboxylic acids is 1. The van der Waals surface area contributed by atoms with Gasteiger partial charge in [0.25, 0.3) is 5.91 Å². The van der Waals surface area contributed by atoms with Crippen molar-refractivity contribution in [1.29, 1.82) is 0 Å². The van der Waals surface area contributed by atoms with E-state index < -0.39 is 53.1 Å². The molecule has 0 aliphatic carbocycles. The molecule has 156 valence electrons. The van der Waals surface area contributed by atoms with Crippen LogP contribution in [-0.2, 0) is 4.79 Å². The quantitative estimate of drug-likeness (QED) is 0.182. The number of carbonyl (C=O) groups is 1. The first kappa shape index (κ1) is 23.3. The van der Waals surface area contributed by atoms with E-state index in [0.29, 0.717) is 0 Å². The molecule has 0 saturated carbocycles. The first-order chi connectivity index (χ1) is 13.3. The molecule has 0 spiro atoms. The molecule has 1 amide bonds. The SMILES string of the molecule is Cl.O=C(N/N=C/c1ccc(O)c(O)c1O)C(CO)N=Cc1ccc(O)c(O)c1O. The van der Waals surface area contributed by atoms with E-state index in [4.69, 9.17) is 0 Å². The average molecular weight is 428 g/mol. The predicted octanol–water partition coefficient (Wildman–Crippen LogP) is 0.272. The van der Waals surface area contributed by atoms with E-state index in [2.05, 4.69) is 15.5 Å². The van der Waals surface area contributed by atoms with E-state index in [1.54, 1.807) is 0 Å². The highest BCUT2D eigenvalue weighted by Crippen LogP contribution is 2.37. The second-order valence-electron chi connectivity index (χ2n) is 5.45. The lowest BCUT2D eigenvalue weighted by Crippen LogP contribution is -2.33. The third-order valence-corrected chi connectivity index (χ3v) is 3.57. The molecule has 29 heavy (non-hydrogen) atoms. The van der Waals surface area contributed by atoms with Crippen molar-refractivity contribution in [3.8, 4) is 34.5 Å². The fraction of sp³-hybridized carbons (Fsp3) is 0.118. The molecule has 1 unspecified atom stereocenters. The van der Waals surface area contributed by atoms with Crippen LogP contribution in [0, 0.1) is 0 Å². The summed E-state index contributed by atoms with van der Waals surface area (Å²) in [5.41, 5.74) is 2.06. The van der Waals surface area contributed by atoms with E-state index in [1.807, 2.05) is 0 Å². The lowest BCUT2D eigenvalue weighted by Gasteiger charge is -2.08. The zero-order chi connectivity index (χ0) is 20.8. The predicted molar refractivity (Wildman–Crippen MR) is 104 cm³/mol. The van der Waals surface area contributed by atoms with Gasteiger partial charge in [-0.3, -0.25) is 9.79 Å². The number of hydrazone groups is 1. The largest absolute Gasteiger partial charge is 0.504 e. The number of aliphatic hydroxyl groups excluding tert-OH is 1. The summed E-state index contributed by atoms with van der Waals surface area (Å²) in [6.07, 6.45) is 2.01. The second kappa shape index (κ2) is 10.0. The van der Waals surface area contributed by atoms with E-state index in [9.17, 15) is 40.5 Å². The summed E-state index contributed by atoms with van der Waals surface area (Å²) in [5.74, 6) is -4.69. The number of nitrogens with one attached hydrogen (secondary N) is 1. The van der Waals surface area contributed by atoms with Gasteiger partial charge in [-0.15, -0.1) is 12.4 Å². The highest BCUT2D eigenvalue weighted by atomic mass is 35.5. The molecule has 12 heteroatoms. The van der Waals surface area contributed by atoms with Crippen molar-refractivity contribution < 1.29 is 40.5 Å². The van der Waals surface area contributed by atoms with Crippen LogP contribution < -0.4 is 5.43 Å². The Kier molecular flexibility index (Phi) is 8.06. The highest BCUT2D eigenvalue weighted by Gasteiger charge is 2.16. The van der Waals surface area contributed by atoms with Crippen LogP contribution in [-0.4, -0.2) is 66.7 Å². The number of halogens is 1. The molecule has 0 heterocycles. The Morgan fingerprint density at radius 2 is 1.34 bits per heavy atom. The van der Waals surface area contributed by atoms with Crippen LogP contribution in [0.2, 0.25) is 0 Å². The van der Waals surface area contributed by atoms with Gasteiger partial charge >= 0.3 is 0 Å². The normalized spacial score (nSPS) is 12.0. The van der Waals surface area contributed by atoms with Gasteiger partial charge in [0.15, 0.2) is 29.0 Å². The first-order valence-electron chi connectivity index (χ1n) is 7.71. The van der Waals surface area contributed by atoms with Crippen LogP contribution in [0.5, 0.6) is 34.5 Å². The summed E-state index contributed by atoms with van der Waals surface area (Å²) < 4.78 is 0. The number of phenols is 6. The number of aliphatic imine (C=N–C) groups is 1. The number of hydrogen-bond donors (Lipinski definition) is 8. The van der Waals surface area contributed by atoms with Crippen LogP contribution in [0.4, 0.5) is 0 Å². The smallest absolute Gasteiger partial charge is 0.267 e. The van der Waals surface area contributed by atoms with Crippen LogP contribution >= 0.6 is 12.4 Å². The molecule has 0 fully saturated rings. The number of phenolic OH excluding ortho intramolecular Hbond substituents is 6. The van der Waals surface area contributed by atoms with E-state index >= 15 is 0 Å². The molecule has 1 atom stereocenters. The Labute approximate surface area is 169 Å². The second-order valence-corrected chi connectivity index (χ2v) is 5.45. The van der Waals surface area contributed by atoms with Crippen molar-refractivity contribution in [2.45, 2.75) is 6.04 Å². The minimum absolute atomic E-state index is 0. The number of rotatable bonds is 6. The van der Waals surface area contributed by atoms with Gasteiger partial charge in [0.1, 0.15) is 0 Å². The lowest BCUT2D eigenvalue weighted by atomic mass is 10.2. The third-order valence-electron chi connectivity index (χ3n) is 3.57.